The largest absolute Gasteiger partial charge is 0.480 e. The molecular formula is C26H30N2O6. The number of hydrogen-bond donors (Lipinski definition) is 4. The molecule has 2 unspecified atom stereocenters. The van der Waals surface area contributed by atoms with Crippen molar-refractivity contribution >= 4 is 18.0 Å². The van der Waals surface area contributed by atoms with Crippen molar-refractivity contribution in [2.45, 2.75) is 50.1 Å². The highest BCUT2D eigenvalue weighted by Gasteiger charge is 2.45. The van der Waals surface area contributed by atoms with E-state index < -0.39 is 36.2 Å². The van der Waals surface area contributed by atoms with Gasteiger partial charge < -0.3 is 25.6 Å². The number of nitrogens with one attached hydrogen (secondary N) is 2. The Kier molecular flexibility index (Phi) is 6.88. The first kappa shape index (κ1) is 23.8. The maximum Gasteiger partial charge on any atom is 0.408 e. The Balaban J connectivity index is 1.49. The van der Waals surface area contributed by atoms with Crippen LogP contribution in [0.3, 0.4) is 0 Å². The predicted octanol–water partition coefficient (Wildman–Crippen LogP) is 3.04. The van der Waals surface area contributed by atoms with E-state index in [1.165, 1.54) is 0 Å². The van der Waals surface area contributed by atoms with Gasteiger partial charge in [-0.2, -0.15) is 0 Å². The number of carbonyl (C=O) groups is 3. The molecule has 0 aliphatic heterocycles. The van der Waals surface area contributed by atoms with Gasteiger partial charge in [0, 0.05) is 5.92 Å². The third-order valence-electron chi connectivity index (χ3n) is 6.90. The predicted molar refractivity (Wildman–Crippen MR) is 125 cm³/mol. The Morgan fingerprint density at radius 3 is 2.26 bits per heavy atom. The molecule has 4 rings (SSSR count). The van der Waals surface area contributed by atoms with Crippen LogP contribution < -0.4 is 10.6 Å². The number of hydrogen-bond acceptors (Lipinski definition) is 5. The van der Waals surface area contributed by atoms with E-state index in [9.17, 15) is 24.6 Å². The summed E-state index contributed by atoms with van der Waals surface area (Å²) in [6, 6.07) is 14.6. The average Bonchev–Trinajstić information content (AvgIpc) is 3.14. The monoisotopic (exact) mass is 466 g/mol. The number of amides is 2. The highest BCUT2D eigenvalue weighted by Crippen LogP contribution is 2.44. The molecule has 8 nitrogen and oxygen atoms in total. The molecular weight excluding hydrogens is 436 g/mol. The zero-order valence-electron chi connectivity index (χ0n) is 19.1. The third-order valence-corrected chi connectivity index (χ3v) is 6.90. The summed E-state index contributed by atoms with van der Waals surface area (Å²) in [7, 11) is 0. The van der Waals surface area contributed by atoms with Gasteiger partial charge in [-0.25, -0.2) is 9.59 Å². The van der Waals surface area contributed by atoms with E-state index in [4.69, 9.17) is 4.74 Å². The quantitative estimate of drug-likeness (QED) is 0.497. The van der Waals surface area contributed by atoms with Crippen LogP contribution in [0.4, 0.5) is 4.79 Å². The van der Waals surface area contributed by atoms with Crippen LogP contribution in [-0.2, 0) is 14.3 Å². The van der Waals surface area contributed by atoms with Crippen LogP contribution in [0, 0.1) is 5.92 Å². The minimum Gasteiger partial charge on any atom is -0.480 e. The topological polar surface area (TPSA) is 125 Å². The van der Waals surface area contributed by atoms with Gasteiger partial charge in [-0.1, -0.05) is 68.3 Å². The maximum atomic E-state index is 13.1. The third kappa shape index (κ3) is 4.63. The average molecular weight is 467 g/mol. The minimum absolute atomic E-state index is 0.112. The van der Waals surface area contributed by atoms with Gasteiger partial charge in [0.15, 0.2) is 0 Å². The molecule has 2 aromatic carbocycles. The molecule has 1 saturated carbocycles. The lowest BCUT2D eigenvalue weighted by atomic mass is 9.75. The molecule has 0 radical (unpaired) electrons. The Labute approximate surface area is 198 Å². The number of ether oxygens (including phenoxy) is 1. The van der Waals surface area contributed by atoms with Crippen molar-refractivity contribution < 1.29 is 29.3 Å². The smallest absolute Gasteiger partial charge is 0.408 e. The summed E-state index contributed by atoms with van der Waals surface area (Å²) in [4.78, 5) is 37.3. The fourth-order valence-electron chi connectivity index (χ4n) is 5.24. The molecule has 2 aromatic rings. The second-order valence-electron chi connectivity index (χ2n) is 9.28. The first-order valence-corrected chi connectivity index (χ1v) is 11.6. The van der Waals surface area contributed by atoms with Crippen LogP contribution in [0.2, 0.25) is 0 Å². The van der Waals surface area contributed by atoms with E-state index >= 15 is 0 Å². The molecule has 8 heteroatoms. The van der Waals surface area contributed by atoms with Crippen molar-refractivity contribution in [2.75, 3.05) is 13.2 Å². The molecule has 0 aromatic heterocycles. The zero-order chi connectivity index (χ0) is 24.3. The molecule has 3 atom stereocenters. The van der Waals surface area contributed by atoms with E-state index in [1.54, 1.807) is 0 Å². The molecule has 2 aliphatic rings. The summed E-state index contributed by atoms with van der Waals surface area (Å²) < 4.78 is 5.64. The highest BCUT2D eigenvalue weighted by atomic mass is 16.5. The van der Waals surface area contributed by atoms with Crippen LogP contribution in [0.1, 0.15) is 49.7 Å². The summed E-state index contributed by atoms with van der Waals surface area (Å²) in [6.45, 7) is 1.36. The lowest BCUT2D eigenvalue weighted by Gasteiger charge is -2.39. The molecule has 34 heavy (non-hydrogen) atoms. The normalized spacial score (nSPS) is 22.2. The number of aliphatic hydroxyl groups is 1. The van der Waals surface area contributed by atoms with Gasteiger partial charge in [-0.05, 0) is 41.0 Å². The molecule has 0 saturated heterocycles. The van der Waals surface area contributed by atoms with Crippen LogP contribution in [0.15, 0.2) is 48.5 Å². The number of carboxylic acids is 1. The minimum atomic E-state index is -1.44. The van der Waals surface area contributed by atoms with Crippen molar-refractivity contribution in [3.05, 3.63) is 59.7 Å². The zero-order valence-corrected chi connectivity index (χ0v) is 19.1. The Morgan fingerprint density at radius 1 is 1.09 bits per heavy atom. The van der Waals surface area contributed by atoms with Crippen molar-refractivity contribution in [1.82, 2.24) is 10.6 Å². The second kappa shape index (κ2) is 9.85. The van der Waals surface area contributed by atoms with Crippen LogP contribution in [-0.4, -0.2) is 53.0 Å². The maximum absolute atomic E-state index is 13.1. The SMILES string of the molecule is CC1CCCC(NC(=O)OCC2c3ccccc3-c3ccccc32)(C(=O)N[C@@H](CO)C(=O)O)C1. The molecule has 2 aliphatic carbocycles. The molecule has 1 fully saturated rings. The summed E-state index contributed by atoms with van der Waals surface area (Å²) in [6.07, 6.45) is 1.62. The molecule has 0 bridgehead atoms. The molecule has 4 N–H and O–H groups in total. The number of benzene rings is 2. The fraction of sp³-hybridized carbons (Fsp3) is 0.423. The molecule has 0 heterocycles. The summed E-state index contributed by atoms with van der Waals surface area (Å²) >= 11 is 0. The molecule has 2 amide bonds. The van der Waals surface area contributed by atoms with Crippen molar-refractivity contribution in [1.29, 1.82) is 0 Å². The standard InChI is InChI=1S/C26H30N2O6/c1-16-7-6-12-26(13-16,24(32)27-22(14-29)23(30)31)28-25(33)34-15-21-19-10-4-2-8-17(19)18-9-3-5-11-20(18)21/h2-5,8-11,16,21-22,29H,6-7,12-15H2,1H3,(H,27,32)(H,28,33)(H,30,31)/t16?,22-,26?/m0/s1. The van der Waals surface area contributed by atoms with Gasteiger partial charge >= 0.3 is 12.1 Å². The summed E-state index contributed by atoms with van der Waals surface area (Å²) in [5, 5.41) is 23.7. The number of carboxylic acid groups (broad SMARTS) is 1. The number of fused-ring (bicyclic) bond motifs is 3. The van der Waals surface area contributed by atoms with E-state index in [-0.39, 0.29) is 18.4 Å². The number of aliphatic hydroxyl groups excluding tert-OH is 1. The van der Waals surface area contributed by atoms with Gasteiger partial charge in [0.2, 0.25) is 5.91 Å². The Morgan fingerprint density at radius 2 is 1.71 bits per heavy atom. The molecule has 0 spiro atoms. The lowest BCUT2D eigenvalue weighted by molar-refractivity contribution is -0.144. The van der Waals surface area contributed by atoms with E-state index in [0.29, 0.717) is 19.3 Å². The van der Waals surface area contributed by atoms with Gasteiger partial charge in [-0.15, -0.1) is 0 Å². The van der Waals surface area contributed by atoms with Crippen molar-refractivity contribution in [3.63, 3.8) is 0 Å². The number of aliphatic carboxylic acids is 1. The number of carbonyl (C=O) groups excluding carboxylic acids is 2. The summed E-state index contributed by atoms with van der Waals surface area (Å²) in [5.41, 5.74) is 3.12. The number of rotatable bonds is 7. The highest BCUT2D eigenvalue weighted by molar-refractivity contribution is 5.93. The van der Waals surface area contributed by atoms with Gasteiger partial charge in [-0.3, -0.25) is 4.79 Å². The van der Waals surface area contributed by atoms with Gasteiger partial charge in [0.25, 0.3) is 0 Å². The van der Waals surface area contributed by atoms with Crippen molar-refractivity contribution in [3.8, 4) is 11.1 Å². The van der Waals surface area contributed by atoms with E-state index in [0.717, 1.165) is 28.7 Å². The lowest BCUT2D eigenvalue weighted by Crippen LogP contribution is -2.63. The second-order valence-corrected chi connectivity index (χ2v) is 9.28. The first-order valence-electron chi connectivity index (χ1n) is 11.6. The van der Waals surface area contributed by atoms with Crippen molar-refractivity contribution in [2.24, 2.45) is 5.92 Å². The first-order chi connectivity index (χ1) is 16.3. The molecule has 180 valence electrons. The van der Waals surface area contributed by atoms with E-state index in [1.807, 2.05) is 43.3 Å². The summed E-state index contributed by atoms with van der Waals surface area (Å²) in [5.74, 6) is -1.91. The van der Waals surface area contributed by atoms with Gasteiger partial charge in [0.1, 0.15) is 18.2 Å². The van der Waals surface area contributed by atoms with Crippen LogP contribution >= 0.6 is 0 Å². The number of alkyl carbamates (subject to hydrolysis) is 1. The van der Waals surface area contributed by atoms with Crippen LogP contribution in [0.5, 0.6) is 0 Å². The Hall–Kier alpha value is -3.39. The van der Waals surface area contributed by atoms with Crippen LogP contribution in [0.25, 0.3) is 11.1 Å². The van der Waals surface area contributed by atoms with Gasteiger partial charge in [0.05, 0.1) is 6.61 Å². The van der Waals surface area contributed by atoms with E-state index in [2.05, 4.69) is 22.8 Å². The Bertz CT molecular complexity index is 1040. The fourth-order valence-corrected chi connectivity index (χ4v) is 5.24.